The van der Waals surface area contributed by atoms with Gasteiger partial charge in [0, 0.05) is 0 Å². The summed E-state index contributed by atoms with van der Waals surface area (Å²) in [7, 11) is 2.60. The molecule has 13 heavy (non-hydrogen) atoms. The molecule has 6 nitrogen and oxygen atoms in total. The molecule has 0 bridgehead atoms. The summed E-state index contributed by atoms with van der Waals surface area (Å²) >= 11 is 0. The minimum absolute atomic E-state index is 0.243. The highest BCUT2D eigenvalue weighted by atomic mass is 28.2. The number of hydrogen-bond acceptors (Lipinski definition) is 6. The van der Waals surface area contributed by atoms with E-state index in [1.165, 1.54) is 0 Å². The molecule has 0 aliphatic carbocycles. The summed E-state index contributed by atoms with van der Waals surface area (Å²) in [4.78, 5) is 0. The van der Waals surface area contributed by atoms with E-state index < -0.39 is 31.0 Å². The van der Waals surface area contributed by atoms with Crippen LogP contribution in [-0.2, 0) is 4.43 Å². The van der Waals surface area contributed by atoms with Crippen LogP contribution in [0.3, 0.4) is 0 Å². The van der Waals surface area contributed by atoms with Crippen molar-refractivity contribution >= 4 is 10.5 Å². The van der Waals surface area contributed by atoms with Crippen LogP contribution in [-0.4, -0.2) is 73.6 Å². The minimum atomic E-state index is -1.61. The molecule has 5 N–H and O–H groups in total. The van der Waals surface area contributed by atoms with Crippen LogP contribution in [0.15, 0.2) is 0 Å². The van der Waals surface area contributed by atoms with Crippen molar-refractivity contribution in [1.82, 2.24) is 0 Å². The summed E-state index contributed by atoms with van der Waals surface area (Å²) in [5.74, 6) is 0. The Morgan fingerprint density at radius 1 is 1.00 bits per heavy atom. The quantitative estimate of drug-likeness (QED) is 0.291. The Bertz CT molecular complexity index is 134. The first-order valence-electron chi connectivity index (χ1n) is 3.66. The number of hydrogen-bond donors (Lipinski definition) is 5. The van der Waals surface area contributed by atoms with Gasteiger partial charge in [-0.3, -0.25) is 0 Å². The molecule has 0 saturated carbocycles. The highest BCUT2D eigenvalue weighted by Gasteiger charge is 2.29. The van der Waals surface area contributed by atoms with Crippen molar-refractivity contribution in [2.75, 3.05) is 13.2 Å². The van der Waals surface area contributed by atoms with Crippen LogP contribution in [0.4, 0.5) is 0 Å². The maximum Gasteiger partial charge on any atom is 0.246 e. The Morgan fingerprint density at radius 3 is 1.85 bits per heavy atom. The maximum atomic E-state index is 9.15. The Hall–Kier alpha value is -0.0231. The Labute approximate surface area is 78.9 Å². The molecule has 0 aromatic carbocycles. The zero-order chi connectivity index (χ0) is 10.4. The van der Waals surface area contributed by atoms with E-state index in [4.69, 9.17) is 25.5 Å². The van der Waals surface area contributed by atoms with Gasteiger partial charge in [-0.05, 0) is 0 Å². The highest BCUT2D eigenvalue weighted by Crippen LogP contribution is 2.04. The minimum Gasteiger partial charge on any atom is -0.416 e. The molecule has 7 heteroatoms. The molecule has 0 fully saturated rings. The van der Waals surface area contributed by atoms with E-state index in [-0.39, 0.29) is 6.61 Å². The molecule has 0 heterocycles. The van der Waals surface area contributed by atoms with Gasteiger partial charge in [0.15, 0.2) is 0 Å². The molecule has 0 unspecified atom stereocenters. The van der Waals surface area contributed by atoms with E-state index in [2.05, 4.69) is 14.9 Å². The lowest BCUT2D eigenvalue weighted by atomic mass is 10.0. The van der Waals surface area contributed by atoms with Crippen molar-refractivity contribution in [1.29, 1.82) is 0 Å². The average Bonchev–Trinajstić information content (AvgIpc) is 2.14. The molecule has 0 aliphatic heterocycles. The summed E-state index contributed by atoms with van der Waals surface area (Å²) in [6, 6.07) is 0. The number of rotatable bonds is 6. The molecule has 0 rings (SSSR count). The number of aliphatic hydroxyl groups is 5. The van der Waals surface area contributed by atoms with E-state index in [1.54, 1.807) is 0 Å². The largest absolute Gasteiger partial charge is 0.416 e. The van der Waals surface area contributed by atoms with Gasteiger partial charge in [-0.25, -0.2) is 0 Å². The molecule has 0 saturated heterocycles. The lowest BCUT2D eigenvalue weighted by Gasteiger charge is -2.25. The van der Waals surface area contributed by atoms with Crippen molar-refractivity contribution < 1.29 is 30.0 Å². The van der Waals surface area contributed by atoms with Gasteiger partial charge < -0.3 is 30.0 Å². The second-order valence-electron chi connectivity index (χ2n) is 2.61. The van der Waals surface area contributed by atoms with Gasteiger partial charge in [-0.2, -0.15) is 0 Å². The van der Waals surface area contributed by atoms with Crippen LogP contribution >= 0.6 is 0 Å². The molecule has 77 valence electrons. The van der Waals surface area contributed by atoms with Crippen molar-refractivity contribution in [2.45, 2.75) is 24.4 Å². The van der Waals surface area contributed by atoms with Gasteiger partial charge in [0.1, 0.15) is 24.4 Å². The molecular weight excluding hydrogens is 196 g/mol. The van der Waals surface area contributed by atoms with Gasteiger partial charge in [-0.1, -0.05) is 0 Å². The first-order chi connectivity index (χ1) is 6.04. The van der Waals surface area contributed by atoms with E-state index in [0.717, 1.165) is 0 Å². The van der Waals surface area contributed by atoms with Crippen LogP contribution in [0.25, 0.3) is 0 Å². The van der Waals surface area contributed by atoms with Gasteiger partial charge in [0.25, 0.3) is 0 Å². The Kier molecular flexibility index (Phi) is 6.42. The predicted octanol–water partition coefficient (Wildman–Crippen LogP) is -3.48. The molecule has 0 aromatic rings. The smallest absolute Gasteiger partial charge is 0.246 e. The van der Waals surface area contributed by atoms with Crippen LogP contribution in [0.1, 0.15) is 0 Å². The zero-order valence-corrected chi connectivity index (χ0v) is 7.87. The SMILES string of the molecule is OC[C@H](O)[C@@H](O)[C@H](O)[C@H](O)CO[Si]. The zero-order valence-electron chi connectivity index (χ0n) is 6.87. The summed E-state index contributed by atoms with van der Waals surface area (Å²) < 4.78 is 4.33. The average molecular weight is 209 g/mol. The summed E-state index contributed by atoms with van der Waals surface area (Å²) in [5, 5.41) is 44.6. The van der Waals surface area contributed by atoms with E-state index in [9.17, 15) is 0 Å². The topological polar surface area (TPSA) is 110 Å². The summed E-state index contributed by atoms with van der Waals surface area (Å²) in [6.07, 6.45) is -6.01. The second kappa shape index (κ2) is 6.43. The fourth-order valence-electron chi connectivity index (χ4n) is 0.747. The highest BCUT2D eigenvalue weighted by molar-refractivity contribution is 5.97. The third-order valence-corrected chi connectivity index (χ3v) is 1.75. The molecule has 4 atom stereocenters. The normalized spacial score (nSPS) is 20.8. The van der Waals surface area contributed by atoms with Crippen LogP contribution in [0, 0.1) is 0 Å². The molecular formula is C6H13O6Si. The third kappa shape index (κ3) is 4.14. The van der Waals surface area contributed by atoms with Crippen LogP contribution < -0.4 is 0 Å². The Balaban J connectivity index is 3.99. The lowest BCUT2D eigenvalue weighted by molar-refractivity contribution is -0.121. The van der Waals surface area contributed by atoms with E-state index in [1.807, 2.05) is 0 Å². The lowest BCUT2D eigenvalue weighted by Crippen LogP contribution is -2.47. The summed E-state index contributed by atoms with van der Waals surface area (Å²) in [6.45, 7) is -0.938. The molecule has 3 radical (unpaired) electrons. The van der Waals surface area contributed by atoms with Crippen molar-refractivity contribution in [3.05, 3.63) is 0 Å². The van der Waals surface area contributed by atoms with Crippen molar-refractivity contribution in [3.8, 4) is 0 Å². The first kappa shape index (κ1) is 13.0. The van der Waals surface area contributed by atoms with Gasteiger partial charge in [0.2, 0.25) is 10.5 Å². The molecule has 0 aliphatic rings. The van der Waals surface area contributed by atoms with E-state index >= 15 is 0 Å². The van der Waals surface area contributed by atoms with Gasteiger partial charge in [-0.15, -0.1) is 0 Å². The Morgan fingerprint density at radius 2 is 1.46 bits per heavy atom. The standard InChI is InChI=1S/C6H13O6Si/c7-1-3(8)5(10)6(11)4(9)2-12-13/h3-11H,1-2H2/t3-,4+,5+,6+/m0/s1. The van der Waals surface area contributed by atoms with Gasteiger partial charge >= 0.3 is 0 Å². The predicted molar refractivity (Wildman–Crippen MR) is 42.8 cm³/mol. The van der Waals surface area contributed by atoms with Gasteiger partial charge in [0.05, 0.1) is 13.2 Å². The third-order valence-electron chi connectivity index (χ3n) is 1.58. The van der Waals surface area contributed by atoms with Crippen molar-refractivity contribution in [2.24, 2.45) is 0 Å². The fourth-order valence-corrected chi connectivity index (χ4v) is 0.918. The summed E-state index contributed by atoms with van der Waals surface area (Å²) in [5.41, 5.74) is 0. The van der Waals surface area contributed by atoms with Crippen molar-refractivity contribution in [3.63, 3.8) is 0 Å². The van der Waals surface area contributed by atoms with Crippen LogP contribution in [0.5, 0.6) is 0 Å². The second-order valence-corrected chi connectivity index (χ2v) is 2.90. The first-order valence-corrected chi connectivity index (χ1v) is 4.07. The molecule has 0 spiro atoms. The van der Waals surface area contributed by atoms with Crippen LogP contribution in [0.2, 0.25) is 0 Å². The fraction of sp³-hybridized carbons (Fsp3) is 1.00. The monoisotopic (exact) mass is 209 g/mol. The molecule has 0 amide bonds. The maximum absolute atomic E-state index is 9.15. The number of aliphatic hydroxyl groups excluding tert-OH is 5. The van der Waals surface area contributed by atoms with E-state index in [0.29, 0.717) is 0 Å². The molecule has 0 aromatic heterocycles.